The molecule has 7 nitrogen and oxygen atoms in total. The fourth-order valence-electron chi connectivity index (χ4n) is 2.10. The highest BCUT2D eigenvalue weighted by atomic mass is 16.5. The van der Waals surface area contributed by atoms with Crippen molar-refractivity contribution in [1.82, 2.24) is 19.9 Å². The second-order valence-electron chi connectivity index (χ2n) is 5.03. The molecule has 2 N–H and O–H groups in total. The van der Waals surface area contributed by atoms with Crippen molar-refractivity contribution in [3.05, 3.63) is 66.9 Å². The number of pyridine rings is 1. The number of ether oxygens (including phenoxy) is 1. The van der Waals surface area contributed by atoms with E-state index in [1.54, 1.807) is 50.1 Å². The van der Waals surface area contributed by atoms with Gasteiger partial charge in [0.15, 0.2) is 0 Å². The minimum Gasteiger partial charge on any atom is -0.497 e. The Balaban J connectivity index is 1.52. The van der Waals surface area contributed by atoms with Crippen LogP contribution in [0.5, 0.6) is 5.75 Å². The Labute approximate surface area is 139 Å². The van der Waals surface area contributed by atoms with E-state index in [4.69, 9.17) is 4.74 Å². The average molecular weight is 323 g/mol. The zero-order valence-corrected chi connectivity index (χ0v) is 13.1. The number of imidazole rings is 1. The molecular formula is C17H17N5O2. The Bertz CT molecular complexity index is 783. The third-order valence-electron chi connectivity index (χ3n) is 3.38. The molecule has 0 radical (unpaired) electrons. The number of aromatic nitrogens is 3. The van der Waals surface area contributed by atoms with Gasteiger partial charge < -0.3 is 15.4 Å². The van der Waals surface area contributed by atoms with E-state index in [0.29, 0.717) is 12.2 Å². The summed E-state index contributed by atoms with van der Waals surface area (Å²) in [5.41, 5.74) is 1.60. The van der Waals surface area contributed by atoms with Gasteiger partial charge in [0, 0.05) is 30.8 Å². The summed E-state index contributed by atoms with van der Waals surface area (Å²) in [6.07, 6.45) is 6.93. The minimum absolute atomic E-state index is 0.279. The number of carbonyl (C=O) groups is 1. The number of hydrogen-bond acceptors (Lipinski definition) is 4. The topological polar surface area (TPSA) is 81.1 Å². The molecule has 1 aromatic carbocycles. The summed E-state index contributed by atoms with van der Waals surface area (Å²) in [4.78, 5) is 20.2. The molecule has 0 aliphatic rings. The first-order chi connectivity index (χ1) is 11.7. The van der Waals surface area contributed by atoms with Crippen LogP contribution >= 0.6 is 0 Å². The molecule has 24 heavy (non-hydrogen) atoms. The minimum atomic E-state index is -0.279. The van der Waals surface area contributed by atoms with Gasteiger partial charge in [0.25, 0.3) is 0 Å². The number of anilines is 1. The van der Waals surface area contributed by atoms with Crippen molar-refractivity contribution in [2.45, 2.75) is 6.54 Å². The van der Waals surface area contributed by atoms with E-state index in [9.17, 15) is 4.79 Å². The molecule has 0 saturated heterocycles. The predicted molar refractivity (Wildman–Crippen MR) is 90.2 cm³/mol. The number of nitrogens with one attached hydrogen (secondary N) is 2. The van der Waals surface area contributed by atoms with Gasteiger partial charge in [0.2, 0.25) is 0 Å². The lowest BCUT2D eigenvalue weighted by atomic mass is 10.3. The van der Waals surface area contributed by atoms with Crippen LogP contribution in [-0.2, 0) is 6.54 Å². The highest BCUT2D eigenvalue weighted by Crippen LogP contribution is 2.14. The molecule has 0 fully saturated rings. The van der Waals surface area contributed by atoms with Gasteiger partial charge in [-0.1, -0.05) is 6.07 Å². The maximum Gasteiger partial charge on any atom is 0.319 e. The highest BCUT2D eigenvalue weighted by Gasteiger charge is 2.03. The van der Waals surface area contributed by atoms with E-state index in [-0.39, 0.29) is 6.03 Å². The number of urea groups is 1. The van der Waals surface area contributed by atoms with Gasteiger partial charge in [0.1, 0.15) is 17.9 Å². The van der Waals surface area contributed by atoms with Crippen LogP contribution in [0.3, 0.4) is 0 Å². The third-order valence-corrected chi connectivity index (χ3v) is 3.38. The van der Waals surface area contributed by atoms with Gasteiger partial charge in [0.05, 0.1) is 7.11 Å². The van der Waals surface area contributed by atoms with Crippen molar-refractivity contribution in [2.24, 2.45) is 0 Å². The van der Waals surface area contributed by atoms with Crippen molar-refractivity contribution >= 4 is 11.7 Å². The van der Waals surface area contributed by atoms with Gasteiger partial charge in [-0.3, -0.25) is 4.57 Å². The SMILES string of the molecule is COc1ccc(NC(=O)NCc2ccc(-n3ccnc3)nc2)cc1. The zero-order valence-electron chi connectivity index (χ0n) is 13.1. The van der Waals surface area contributed by atoms with Crippen LogP contribution in [0.15, 0.2) is 61.3 Å². The number of nitrogens with zero attached hydrogens (tertiary/aromatic N) is 3. The number of hydrogen-bond donors (Lipinski definition) is 2. The van der Waals surface area contributed by atoms with Crippen LogP contribution in [0, 0.1) is 0 Å². The Morgan fingerprint density at radius 3 is 2.67 bits per heavy atom. The average Bonchev–Trinajstić information content (AvgIpc) is 3.16. The summed E-state index contributed by atoms with van der Waals surface area (Å²) < 4.78 is 6.89. The molecule has 3 aromatic rings. The first-order valence-electron chi connectivity index (χ1n) is 7.37. The normalized spacial score (nSPS) is 10.2. The number of amides is 2. The maximum atomic E-state index is 11.9. The van der Waals surface area contributed by atoms with Gasteiger partial charge in [-0.05, 0) is 35.9 Å². The molecule has 0 bridgehead atoms. The van der Waals surface area contributed by atoms with Crippen LogP contribution in [0.1, 0.15) is 5.56 Å². The van der Waals surface area contributed by atoms with Gasteiger partial charge in [-0.2, -0.15) is 0 Å². The number of rotatable bonds is 5. The predicted octanol–water partition coefficient (Wildman–Crippen LogP) is 2.60. The van der Waals surface area contributed by atoms with E-state index in [1.807, 2.05) is 22.9 Å². The second-order valence-corrected chi connectivity index (χ2v) is 5.03. The van der Waals surface area contributed by atoms with Crippen LogP contribution in [-0.4, -0.2) is 27.7 Å². The lowest BCUT2D eigenvalue weighted by Gasteiger charge is -2.09. The molecule has 2 heterocycles. The summed E-state index contributed by atoms with van der Waals surface area (Å²) >= 11 is 0. The Hall–Kier alpha value is -3.35. The first kappa shape index (κ1) is 15.5. The summed E-state index contributed by atoms with van der Waals surface area (Å²) in [5, 5.41) is 5.55. The highest BCUT2D eigenvalue weighted by molar-refractivity contribution is 5.89. The van der Waals surface area contributed by atoms with Crippen molar-refractivity contribution in [3.63, 3.8) is 0 Å². The second kappa shape index (κ2) is 7.28. The molecule has 0 saturated carbocycles. The summed E-state index contributed by atoms with van der Waals surface area (Å²) in [6, 6.07) is 10.6. The van der Waals surface area contributed by atoms with E-state index in [0.717, 1.165) is 17.1 Å². The molecule has 0 aliphatic heterocycles. The Morgan fingerprint density at radius 2 is 2.04 bits per heavy atom. The quantitative estimate of drug-likeness (QED) is 0.756. The third kappa shape index (κ3) is 3.89. The van der Waals surface area contributed by atoms with Gasteiger partial charge in [-0.25, -0.2) is 14.8 Å². The van der Waals surface area contributed by atoms with Crippen LogP contribution in [0.2, 0.25) is 0 Å². The van der Waals surface area contributed by atoms with Crippen molar-refractivity contribution in [2.75, 3.05) is 12.4 Å². The van der Waals surface area contributed by atoms with Crippen molar-refractivity contribution in [3.8, 4) is 11.6 Å². The van der Waals surface area contributed by atoms with Crippen molar-refractivity contribution < 1.29 is 9.53 Å². The molecule has 0 spiro atoms. The van der Waals surface area contributed by atoms with Crippen LogP contribution < -0.4 is 15.4 Å². The number of methoxy groups -OCH3 is 1. The molecular weight excluding hydrogens is 306 g/mol. The molecule has 3 rings (SSSR count). The lowest BCUT2D eigenvalue weighted by Crippen LogP contribution is -2.28. The summed E-state index contributed by atoms with van der Waals surface area (Å²) in [7, 11) is 1.60. The monoisotopic (exact) mass is 323 g/mol. The fourth-order valence-corrected chi connectivity index (χ4v) is 2.10. The van der Waals surface area contributed by atoms with E-state index < -0.39 is 0 Å². The molecule has 0 unspecified atom stereocenters. The maximum absolute atomic E-state index is 11.9. The molecule has 2 aromatic heterocycles. The standard InChI is InChI=1S/C17H17N5O2/c1-24-15-5-3-14(4-6-15)21-17(23)20-11-13-2-7-16(19-10-13)22-9-8-18-12-22/h2-10,12H,11H2,1H3,(H2,20,21,23). The summed E-state index contributed by atoms with van der Waals surface area (Å²) in [6.45, 7) is 0.388. The van der Waals surface area contributed by atoms with E-state index in [1.165, 1.54) is 0 Å². The number of carbonyl (C=O) groups excluding carboxylic acids is 1. The van der Waals surface area contributed by atoms with Crippen molar-refractivity contribution in [1.29, 1.82) is 0 Å². The molecule has 2 amide bonds. The van der Waals surface area contributed by atoms with Gasteiger partial charge >= 0.3 is 6.03 Å². The largest absolute Gasteiger partial charge is 0.497 e. The van der Waals surface area contributed by atoms with Crippen LogP contribution in [0.25, 0.3) is 5.82 Å². The molecule has 7 heteroatoms. The Morgan fingerprint density at radius 1 is 1.21 bits per heavy atom. The van der Waals surface area contributed by atoms with E-state index >= 15 is 0 Å². The molecule has 0 aliphatic carbocycles. The van der Waals surface area contributed by atoms with E-state index in [2.05, 4.69) is 20.6 Å². The zero-order chi connectivity index (χ0) is 16.8. The lowest BCUT2D eigenvalue weighted by molar-refractivity contribution is 0.251. The number of benzene rings is 1. The molecule has 0 atom stereocenters. The molecule has 122 valence electrons. The van der Waals surface area contributed by atoms with Crippen LogP contribution in [0.4, 0.5) is 10.5 Å². The van der Waals surface area contributed by atoms with Gasteiger partial charge in [-0.15, -0.1) is 0 Å². The fraction of sp³-hybridized carbons (Fsp3) is 0.118. The Kier molecular flexibility index (Phi) is 4.71. The first-order valence-corrected chi connectivity index (χ1v) is 7.37. The smallest absolute Gasteiger partial charge is 0.319 e. The summed E-state index contributed by atoms with van der Waals surface area (Å²) in [5.74, 6) is 1.52.